The Morgan fingerprint density at radius 3 is 1.95 bits per heavy atom. The summed E-state index contributed by atoms with van der Waals surface area (Å²) >= 11 is 0. The molecule has 236 valence electrons. The van der Waals surface area contributed by atoms with Crippen LogP contribution in [0.3, 0.4) is 0 Å². The average molecular weight is 607 g/mol. The van der Waals surface area contributed by atoms with Crippen molar-refractivity contribution in [3.63, 3.8) is 0 Å². The van der Waals surface area contributed by atoms with Crippen molar-refractivity contribution in [1.82, 2.24) is 0 Å². The van der Waals surface area contributed by atoms with E-state index in [1.165, 1.54) is 38.5 Å². The number of hydrogen-bond donors (Lipinski definition) is 0. The van der Waals surface area contributed by atoms with Crippen LogP contribution in [-0.4, -0.2) is 6.11 Å². The normalized spacial score (nSPS) is 28.7. The molecule has 0 spiro atoms. The summed E-state index contributed by atoms with van der Waals surface area (Å²) in [6.45, 7) is 2.37. The zero-order chi connectivity index (χ0) is 30.6. The third-order valence-electron chi connectivity index (χ3n) is 10.5. The van der Waals surface area contributed by atoms with E-state index in [2.05, 4.69) is 17.7 Å². The molecular weight excluding hydrogens is 562 g/mol. The van der Waals surface area contributed by atoms with Crippen LogP contribution in [0.25, 0.3) is 0 Å². The summed E-state index contributed by atoms with van der Waals surface area (Å²) in [6, 6.07) is 6.64. The van der Waals surface area contributed by atoms with E-state index in [4.69, 9.17) is 0 Å². The third-order valence-corrected chi connectivity index (χ3v) is 10.5. The largest absolute Gasteiger partial charge is 0.432 e. The van der Waals surface area contributed by atoms with Crippen LogP contribution < -0.4 is 4.74 Å². The number of aryl methyl sites for hydroxylation is 1. The minimum absolute atomic E-state index is 0.132. The molecule has 0 heterocycles. The minimum Gasteiger partial charge on any atom is -0.432 e. The smallest absolute Gasteiger partial charge is 0.400 e. The Kier molecular flexibility index (Phi) is 10.5. The molecule has 43 heavy (non-hydrogen) atoms. The van der Waals surface area contributed by atoms with E-state index in [1.54, 1.807) is 6.07 Å². The van der Waals surface area contributed by atoms with E-state index in [0.29, 0.717) is 49.3 Å². The van der Waals surface area contributed by atoms with Crippen molar-refractivity contribution in [3.8, 4) is 5.75 Å². The fourth-order valence-electron chi connectivity index (χ4n) is 7.71. The van der Waals surface area contributed by atoms with Gasteiger partial charge in [0.15, 0.2) is 17.5 Å². The van der Waals surface area contributed by atoms with Gasteiger partial charge in [0.25, 0.3) is 0 Å². The second-order valence-corrected chi connectivity index (χ2v) is 13.4. The molecule has 2 aromatic rings. The van der Waals surface area contributed by atoms with Gasteiger partial charge in [-0.2, -0.15) is 8.78 Å². The maximum absolute atomic E-state index is 15.0. The van der Waals surface area contributed by atoms with Gasteiger partial charge in [0.2, 0.25) is 0 Å². The molecule has 0 saturated heterocycles. The number of rotatable bonds is 9. The Labute approximate surface area is 252 Å². The van der Waals surface area contributed by atoms with E-state index in [1.807, 2.05) is 18.2 Å². The van der Waals surface area contributed by atoms with Crippen molar-refractivity contribution < 1.29 is 31.1 Å². The lowest BCUT2D eigenvalue weighted by Crippen LogP contribution is -2.37. The molecule has 0 aliphatic heterocycles. The Bertz CT molecular complexity index is 1210. The molecule has 0 atom stereocenters. The van der Waals surface area contributed by atoms with Crippen molar-refractivity contribution in [2.75, 3.05) is 0 Å². The molecule has 0 unspecified atom stereocenters. The van der Waals surface area contributed by atoms with Gasteiger partial charge in [-0.1, -0.05) is 44.1 Å². The molecule has 3 aliphatic rings. The van der Waals surface area contributed by atoms with Gasteiger partial charge in [-0.25, -0.2) is 17.6 Å². The van der Waals surface area contributed by atoms with Crippen LogP contribution in [0.1, 0.15) is 107 Å². The standard InChI is InChI=1S/C36H44F6O/c1-23-6-10-25(11-7-23)26-12-14-27(15-13-26)29-17-16-28(32(37)20-29)5-3-2-4-24-8-18-30(19-9-24)36(41,42)43-31-21-33(38)35(40)34(39)22-31/h2,4,16-17,20-27,30H,3,5-15,18-19H2,1H3/b4-2+. The van der Waals surface area contributed by atoms with Gasteiger partial charge in [0.05, 0.1) is 5.92 Å². The van der Waals surface area contributed by atoms with Crippen molar-refractivity contribution in [2.24, 2.45) is 29.6 Å². The highest BCUT2D eigenvalue weighted by Crippen LogP contribution is 2.44. The molecule has 3 saturated carbocycles. The summed E-state index contributed by atoms with van der Waals surface area (Å²) < 4.78 is 88.8. The number of halogens is 6. The summed E-state index contributed by atoms with van der Waals surface area (Å²) in [7, 11) is 0. The van der Waals surface area contributed by atoms with Crippen LogP contribution in [0.4, 0.5) is 26.3 Å². The first kappa shape index (κ1) is 32.0. The second kappa shape index (κ2) is 14.1. The van der Waals surface area contributed by atoms with Gasteiger partial charge in [0.1, 0.15) is 11.6 Å². The van der Waals surface area contributed by atoms with E-state index in [-0.39, 0.29) is 24.6 Å². The topological polar surface area (TPSA) is 9.23 Å². The lowest BCUT2D eigenvalue weighted by Gasteiger charge is -2.37. The van der Waals surface area contributed by atoms with Gasteiger partial charge in [-0.3, -0.25) is 0 Å². The van der Waals surface area contributed by atoms with Crippen molar-refractivity contribution in [1.29, 1.82) is 0 Å². The van der Waals surface area contributed by atoms with E-state index in [9.17, 15) is 26.3 Å². The van der Waals surface area contributed by atoms with Crippen molar-refractivity contribution >= 4 is 0 Å². The molecule has 3 fully saturated rings. The van der Waals surface area contributed by atoms with E-state index >= 15 is 0 Å². The molecule has 0 amide bonds. The Hall–Kier alpha value is -2.44. The molecule has 0 N–H and O–H groups in total. The predicted molar refractivity (Wildman–Crippen MR) is 157 cm³/mol. The molecule has 7 heteroatoms. The van der Waals surface area contributed by atoms with Gasteiger partial charge in [-0.15, -0.1) is 0 Å². The van der Waals surface area contributed by atoms with Gasteiger partial charge in [0, 0.05) is 12.1 Å². The fraction of sp³-hybridized carbons (Fsp3) is 0.611. The van der Waals surface area contributed by atoms with Crippen LogP contribution in [0.5, 0.6) is 5.75 Å². The molecule has 2 aromatic carbocycles. The van der Waals surface area contributed by atoms with Crippen molar-refractivity contribution in [2.45, 2.75) is 109 Å². The average Bonchev–Trinajstić information content (AvgIpc) is 2.99. The minimum atomic E-state index is -3.62. The summed E-state index contributed by atoms with van der Waals surface area (Å²) in [4.78, 5) is 0. The molecule has 5 rings (SSSR count). The van der Waals surface area contributed by atoms with E-state index in [0.717, 1.165) is 36.2 Å². The SMILES string of the molecule is CC1CCC(C2CCC(c3ccc(CC/C=C/C4CCC(C(F)(F)Oc5cc(F)c(F)c(F)c5)CC4)c(F)c3)CC2)CC1. The summed E-state index contributed by atoms with van der Waals surface area (Å²) in [5.74, 6) is -3.65. The number of hydrogen-bond acceptors (Lipinski definition) is 1. The Morgan fingerprint density at radius 1 is 0.744 bits per heavy atom. The number of alkyl halides is 2. The Balaban J connectivity index is 1.04. The zero-order valence-electron chi connectivity index (χ0n) is 25.1. The number of allylic oxidation sites excluding steroid dienone is 2. The van der Waals surface area contributed by atoms with Crippen LogP contribution in [0.15, 0.2) is 42.5 Å². The highest BCUT2D eigenvalue weighted by Gasteiger charge is 2.44. The molecule has 0 radical (unpaired) electrons. The van der Waals surface area contributed by atoms with Gasteiger partial charge in [-0.05, 0) is 124 Å². The molecule has 0 bridgehead atoms. The highest BCUT2D eigenvalue weighted by molar-refractivity contribution is 5.28. The first-order chi connectivity index (χ1) is 20.6. The second-order valence-electron chi connectivity index (χ2n) is 13.4. The number of ether oxygens (including phenoxy) is 1. The Morgan fingerprint density at radius 2 is 1.35 bits per heavy atom. The molecule has 1 nitrogen and oxygen atoms in total. The molecular formula is C36H44F6O. The van der Waals surface area contributed by atoms with Crippen LogP contribution >= 0.6 is 0 Å². The van der Waals surface area contributed by atoms with E-state index < -0.39 is 35.2 Å². The van der Waals surface area contributed by atoms with Gasteiger partial charge < -0.3 is 4.74 Å². The maximum atomic E-state index is 15.0. The third kappa shape index (κ3) is 8.19. The number of benzene rings is 2. The quantitative estimate of drug-likeness (QED) is 0.157. The van der Waals surface area contributed by atoms with Crippen molar-refractivity contribution in [3.05, 3.63) is 76.9 Å². The maximum Gasteiger partial charge on any atom is 0.400 e. The van der Waals surface area contributed by atoms with Gasteiger partial charge >= 0.3 is 6.11 Å². The summed E-state index contributed by atoms with van der Waals surface area (Å²) in [5.41, 5.74) is 1.83. The molecule has 0 aromatic heterocycles. The van der Waals surface area contributed by atoms with Crippen LogP contribution in [0, 0.1) is 52.9 Å². The summed E-state index contributed by atoms with van der Waals surface area (Å²) in [5, 5.41) is 0. The monoisotopic (exact) mass is 606 g/mol. The highest BCUT2D eigenvalue weighted by atomic mass is 19.3. The lowest BCUT2D eigenvalue weighted by atomic mass is 9.68. The fourth-order valence-corrected chi connectivity index (χ4v) is 7.71. The lowest BCUT2D eigenvalue weighted by molar-refractivity contribution is -0.223. The van der Waals surface area contributed by atoms with Crippen LogP contribution in [0.2, 0.25) is 0 Å². The zero-order valence-corrected chi connectivity index (χ0v) is 25.1. The molecule has 3 aliphatic carbocycles. The first-order valence-electron chi connectivity index (χ1n) is 16.3. The summed E-state index contributed by atoms with van der Waals surface area (Å²) in [6.07, 6.45) is 13.4. The van der Waals surface area contributed by atoms with Crippen LogP contribution in [-0.2, 0) is 6.42 Å². The first-order valence-corrected chi connectivity index (χ1v) is 16.3. The predicted octanol–water partition coefficient (Wildman–Crippen LogP) is 11.3.